The first-order valence-corrected chi connectivity index (χ1v) is 6.78. The van der Waals surface area contributed by atoms with Gasteiger partial charge in [-0.15, -0.1) is 0 Å². The van der Waals surface area contributed by atoms with Crippen LogP contribution in [-0.2, 0) is 0 Å². The van der Waals surface area contributed by atoms with Crippen molar-refractivity contribution in [2.45, 2.75) is 32.7 Å². The van der Waals surface area contributed by atoms with Gasteiger partial charge in [0.1, 0.15) is 5.75 Å². The molecule has 1 saturated carbocycles. The highest BCUT2D eigenvalue weighted by molar-refractivity contribution is 6.00. The first-order chi connectivity index (χ1) is 9.04. The summed E-state index contributed by atoms with van der Waals surface area (Å²) in [5, 5.41) is 0. The zero-order valence-electron chi connectivity index (χ0n) is 11.8. The monoisotopic (exact) mass is 262 g/mol. The molecule has 4 heteroatoms. The Bertz CT molecular complexity index is 467. The fourth-order valence-electron chi connectivity index (χ4n) is 2.24. The number of hydrogen-bond acceptors (Lipinski definition) is 3. The molecule has 0 unspecified atom stereocenters. The van der Waals surface area contributed by atoms with Crippen molar-refractivity contribution in [3.05, 3.63) is 23.8 Å². The SMILES string of the molecule is COc1cccc(C(=O)N(CC(C)C)C2CC2)c1N. The van der Waals surface area contributed by atoms with Gasteiger partial charge in [-0.25, -0.2) is 0 Å². The van der Waals surface area contributed by atoms with E-state index in [0.29, 0.717) is 29.0 Å². The number of carbonyl (C=O) groups is 1. The summed E-state index contributed by atoms with van der Waals surface area (Å²) in [7, 11) is 1.56. The molecule has 4 nitrogen and oxygen atoms in total. The maximum atomic E-state index is 12.6. The Morgan fingerprint density at radius 3 is 2.68 bits per heavy atom. The van der Waals surface area contributed by atoms with Crippen LogP contribution >= 0.6 is 0 Å². The summed E-state index contributed by atoms with van der Waals surface area (Å²) in [6.07, 6.45) is 2.20. The first kappa shape index (κ1) is 13.7. The molecule has 1 aromatic rings. The number of hydrogen-bond donors (Lipinski definition) is 1. The fourth-order valence-corrected chi connectivity index (χ4v) is 2.24. The third-order valence-electron chi connectivity index (χ3n) is 3.33. The highest BCUT2D eigenvalue weighted by atomic mass is 16.5. The van der Waals surface area contributed by atoms with E-state index in [1.807, 2.05) is 11.0 Å². The summed E-state index contributed by atoms with van der Waals surface area (Å²) in [4.78, 5) is 14.6. The van der Waals surface area contributed by atoms with E-state index in [2.05, 4.69) is 13.8 Å². The van der Waals surface area contributed by atoms with Gasteiger partial charge in [0.2, 0.25) is 0 Å². The Balaban J connectivity index is 2.26. The number of para-hydroxylation sites is 1. The van der Waals surface area contributed by atoms with Crippen LogP contribution in [0.2, 0.25) is 0 Å². The van der Waals surface area contributed by atoms with Crippen molar-refractivity contribution in [3.8, 4) is 5.75 Å². The van der Waals surface area contributed by atoms with Gasteiger partial charge >= 0.3 is 0 Å². The Morgan fingerprint density at radius 1 is 1.47 bits per heavy atom. The lowest BCUT2D eigenvalue weighted by molar-refractivity contribution is 0.0723. The van der Waals surface area contributed by atoms with Gasteiger partial charge in [-0.05, 0) is 30.9 Å². The molecule has 0 bridgehead atoms. The predicted octanol–water partition coefficient (Wildman–Crippen LogP) is 2.54. The zero-order valence-corrected chi connectivity index (χ0v) is 11.8. The number of nitrogens with zero attached hydrogens (tertiary/aromatic N) is 1. The van der Waals surface area contributed by atoms with Gasteiger partial charge in [0.25, 0.3) is 5.91 Å². The van der Waals surface area contributed by atoms with E-state index in [4.69, 9.17) is 10.5 Å². The average molecular weight is 262 g/mol. The van der Waals surface area contributed by atoms with Gasteiger partial charge in [-0.1, -0.05) is 19.9 Å². The summed E-state index contributed by atoms with van der Waals surface area (Å²) in [6, 6.07) is 5.75. The lowest BCUT2D eigenvalue weighted by Crippen LogP contribution is -2.36. The summed E-state index contributed by atoms with van der Waals surface area (Å²) >= 11 is 0. The number of nitrogen functional groups attached to an aromatic ring is 1. The van der Waals surface area contributed by atoms with Gasteiger partial charge in [0, 0.05) is 12.6 Å². The summed E-state index contributed by atoms with van der Waals surface area (Å²) in [5.74, 6) is 1.04. The molecular formula is C15H22N2O2. The second-order valence-corrected chi connectivity index (χ2v) is 5.50. The van der Waals surface area contributed by atoms with Crippen molar-refractivity contribution in [3.63, 3.8) is 0 Å². The van der Waals surface area contributed by atoms with E-state index in [9.17, 15) is 4.79 Å². The van der Waals surface area contributed by atoms with Gasteiger partial charge in [-0.3, -0.25) is 4.79 Å². The Labute approximate surface area is 114 Å². The van der Waals surface area contributed by atoms with E-state index < -0.39 is 0 Å². The minimum Gasteiger partial charge on any atom is -0.495 e. The van der Waals surface area contributed by atoms with Gasteiger partial charge in [0.15, 0.2) is 0 Å². The minimum absolute atomic E-state index is 0.0209. The van der Waals surface area contributed by atoms with E-state index >= 15 is 0 Å². The lowest BCUT2D eigenvalue weighted by atomic mass is 10.1. The van der Waals surface area contributed by atoms with Crippen LogP contribution in [0, 0.1) is 5.92 Å². The molecule has 0 atom stereocenters. The normalized spacial score (nSPS) is 14.5. The van der Waals surface area contributed by atoms with Crippen molar-refractivity contribution in [2.75, 3.05) is 19.4 Å². The van der Waals surface area contributed by atoms with Crippen molar-refractivity contribution in [1.82, 2.24) is 4.90 Å². The van der Waals surface area contributed by atoms with Crippen LogP contribution < -0.4 is 10.5 Å². The fraction of sp³-hybridized carbons (Fsp3) is 0.533. The highest BCUT2D eigenvalue weighted by Crippen LogP contribution is 2.32. The second-order valence-electron chi connectivity index (χ2n) is 5.50. The van der Waals surface area contributed by atoms with E-state index in [0.717, 1.165) is 19.4 Å². The van der Waals surface area contributed by atoms with Gasteiger partial charge < -0.3 is 15.4 Å². The molecule has 0 aliphatic heterocycles. The van der Waals surface area contributed by atoms with Crippen LogP contribution in [0.3, 0.4) is 0 Å². The Kier molecular flexibility index (Phi) is 3.98. The number of nitrogens with two attached hydrogens (primary N) is 1. The topological polar surface area (TPSA) is 55.6 Å². The van der Waals surface area contributed by atoms with Crippen molar-refractivity contribution in [1.29, 1.82) is 0 Å². The number of benzene rings is 1. The number of anilines is 1. The number of carbonyl (C=O) groups excluding carboxylic acids is 1. The quantitative estimate of drug-likeness (QED) is 0.830. The summed E-state index contributed by atoms with van der Waals surface area (Å²) in [6.45, 7) is 5.02. The number of amides is 1. The summed E-state index contributed by atoms with van der Waals surface area (Å²) in [5.41, 5.74) is 6.99. The largest absolute Gasteiger partial charge is 0.495 e. The van der Waals surface area contributed by atoms with E-state index in [-0.39, 0.29) is 5.91 Å². The van der Waals surface area contributed by atoms with Crippen molar-refractivity contribution >= 4 is 11.6 Å². The zero-order chi connectivity index (χ0) is 14.0. The molecule has 0 spiro atoms. The molecule has 0 heterocycles. The molecule has 0 saturated heterocycles. The molecule has 2 N–H and O–H groups in total. The number of methoxy groups -OCH3 is 1. The smallest absolute Gasteiger partial charge is 0.256 e. The van der Waals surface area contributed by atoms with Crippen LogP contribution in [0.1, 0.15) is 37.0 Å². The van der Waals surface area contributed by atoms with Crippen LogP contribution in [0.4, 0.5) is 5.69 Å². The maximum absolute atomic E-state index is 12.6. The lowest BCUT2D eigenvalue weighted by Gasteiger charge is -2.25. The molecular weight excluding hydrogens is 240 g/mol. The Morgan fingerprint density at radius 2 is 2.16 bits per heavy atom. The van der Waals surface area contributed by atoms with Gasteiger partial charge in [-0.2, -0.15) is 0 Å². The van der Waals surface area contributed by atoms with Crippen LogP contribution in [-0.4, -0.2) is 30.5 Å². The molecule has 1 aliphatic carbocycles. The van der Waals surface area contributed by atoms with Crippen LogP contribution in [0.15, 0.2) is 18.2 Å². The number of ether oxygens (including phenoxy) is 1. The molecule has 0 aromatic heterocycles. The molecule has 2 rings (SSSR count). The van der Waals surface area contributed by atoms with Crippen LogP contribution in [0.5, 0.6) is 5.75 Å². The average Bonchev–Trinajstić information content (AvgIpc) is 3.19. The molecule has 1 aromatic carbocycles. The third kappa shape index (κ3) is 3.00. The van der Waals surface area contributed by atoms with Gasteiger partial charge in [0.05, 0.1) is 18.4 Å². The van der Waals surface area contributed by atoms with Crippen molar-refractivity contribution in [2.24, 2.45) is 5.92 Å². The van der Waals surface area contributed by atoms with E-state index in [1.54, 1.807) is 19.2 Å². The molecule has 104 valence electrons. The second kappa shape index (κ2) is 5.51. The summed E-state index contributed by atoms with van der Waals surface area (Å²) < 4.78 is 5.18. The first-order valence-electron chi connectivity index (χ1n) is 6.78. The van der Waals surface area contributed by atoms with Crippen molar-refractivity contribution < 1.29 is 9.53 Å². The highest BCUT2D eigenvalue weighted by Gasteiger charge is 2.34. The predicted molar refractivity (Wildman–Crippen MR) is 76.3 cm³/mol. The minimum atomic E-state index is 0.0209. The molecule has 1 aliphatic rings. The Hall–Kier alpha value is -1.71. The number of rotatable bonds is 5. The van der Waals surface area contributed by atoms with E-state index in [1.165, 1.54) is 0 Å². The standard InChI is InChI=1S/C15H22N2O2/c1-10(2)9-17(11-7-8-11)15(18)12-5-4-6-13(19-3)14(12)16/h4-6,10-11H,7-9,16H2,1-3H3. The molecule has 1 fully saturated rings. The van der Waals surface area contributed by atoms with Crippen LogP contribution in [0.25, 0.3) is 0 Å². The molecule has 0 radical (unpaired) electrons. The maximum Gasteiger partial charge on any atom is 0.256 e. The molecule has 19 heavy (non-hydrogen) atoms. The third-order valence-corrected chi connectivity index (χ3v) is 3.33. The molecule has 1 amide bonds.